The molecule has 0 aliphatic rings. The van der Waals surface area contributed by atoms with E-state index < -0.39 is 0 Å². The van der Waals surface area contributed by atoms with E-state index in [0.717, 1.165) is 25.9 Å². The Morgan fingerprint density at radius 3 is 2.22 bits per heavy atom. The molecule has 0 saturated heterocycles. The Kier molecular flexibility index (Phi) is 10.6. The van der Waals surface area contributed by atoms with Crippen molar-refractivity contribution in [1.29, 1.82) is 0 Å². The van der Waals surface area contributed by atoms with Crippen LogP contribution in [0.1, 0.15) is 47.0 Å². The second-order valence-electron chi connectivity index (χ2n) is 5.35. The number of rotatable bonds is 12. The maximum Gasteiger partial charge on any atom is 0.0700 e. The average Bonchev–Trinajstić information content (AvgIpc) is 2.32. The molecule has 0 bridgehead atoms. The maximum absolute atomic E-state index is 9.39. The fourth-order valence-electron chi connectivity index (χ4n) is 1.76. The van der Waals surface area contributed by atoms with Gasteiger partial charge in [-0.25, -0.2) is 0 Å². The number of aliphatic hydroxyl groups excluding tert-OH is 1. The standard InChI is InChI=1S/C14H31NO3/c1-5-6-8-17-10-11-18-9-7-14(4,12-16)15-13(2)3/h13,15-16H,5-12H2,1-4H3. The molecule has 0 radical (unpaired) electrons. The van der Waals surface area contributed by atoms with Crippen molar-refractivity contribution < 1.29 is 14.6 Å². The number of ether oxygens (including phenoxy) is 2. The first-order chi connectivity index (χ1) is 8.54. The molecule has 0 spiro atoms. The van der Waals surface area contributed by atoms with Crippen LogP contribution in [0, 0.1) is 0 Å². The van der Waals surface area contributed by atoms with Crippen molar-refractivity contribution in [2.24, 2.45) is 0 Å². The van der Waals surface area contributed by atoms with E-state index >= 15 is 0 Å². The first-order valence-electron chi connectivity index (χ1n) is 7.08. The molecule has 110 valence electrons. The average molecular weight is 261 g/mol. The highest BCUT2D eigenvalue weighted by molar-refractivity contribution is 4.83. The smallest absolute Gasteiger partial charge is 0.0700 e. The van der Waals surface area contributed by atoms with Crippen LogP contribution in [0.15, 0.2) is 0 Å². The zero-order valence-electron chi connectivity index (χ0n) is 12.5. The summed E-state index contributed by atoms with van der Waals surface area (Å²) < 4.78 is 10.9. The highest BCUT2D eigenvalue weighted by Crippen LogP contribution is 2.10. The molecule has 2 N–H and O–H groups in total. The Morgan fingerprint density at radius 1 is 1.11 bits per heavy atom. The van der Waals surface area contributed by atoms with E-state index in [9.17, 15) is 5.11 Å². The predicted octanol–water partition coefficient (Wildman–Crippen LogP) is 1.96. The molecule has 4 heteroatoms. The van der Waals surface area contributed by atoms with E-state index in [4.69, 9.17) is 9.47 Å². The molecule has 0 aliphatic heterocycles. The molecule has 0 aromatic rings. The van der Waals surface area contributed by atoms with E-state index in [1.165, 1.54) is 0 Å². The van der Waals surface area contributed by atoms with Crippen LogP contribution in [-0.2, 0) is 9.47 Å². The summed E-state index contributed by atoms with van der Waals surface area (Å²) in [4.78, 5) is 0. The van der Waals surface area contributed by atoms with Gasteiger partial charge in [-0.05, 0) is 19.8 Å². The topological polar surface area (TPSA) is 50.7 Å². The maximum atomic E-state index is 9.39. The van der Waals surface area contributed by atoms with Gasteiger partial charge in [0.1, 0.15) is 0 Å². The van der Waals surface area contributed by atoms with Gasteiger partial charge in [-0.3, -0.25) is 0 Å². The van der Waals surface area contributed by atoms with Crippen molar-refractivity contribution in [2.45, 2.75) is 58.5 Å². The van der Waals surface area contributed by atoms with E-state index in [0.29, 0.717) is 25.9 Å². The van der Waals surface area contributed by atoms with Gasteiger partial charge in [-0.2, -0.15) is 0 Å². The molecule has 0 aromatic carbocycles. The van der Waals surface area contributed by atoms with Crippen LogP contribution in [0.25, 0.3) is 0 Å². The van der Waals surface area contributed by atoms with Crippen molar-refractivity contribution in [3.8, 4) is 0 Å². The third-order valence-electron chi connectivity index (χ3n) is 2.80. The van der Waals surface area contributed by atoms with Gasteiger partial charge in [-0.1, -0.05) is 27.2 Å². The summed E-state index contributed by atoms with van der Waals surface area (Å²) in [7, 11) is 0. The minimum absolute atomic E-state index is 0.127. The van der Waals surface area contributed by atoms with Crippen LogP contribution in [-0.4, -0.2) is 49.7 Å². The summed E-state index contributed by atoms with van der Waals surface area (Å²) >= 11 is 0. The molecule has 0 saturated carbocycles. The van der Waals surface area contributed by atoms with Gasteiger partial charge in [0.25, 0.3) is 0 Å². The third kappa shape index (κ3) is 9.83. The van der Waals surface area contributed by atoms with Crippen molar-refractivity contribution >= 4 is 0 Å². The Labute approximate surface area is 112 Å². The number of unbranched alkanes of at least 4 members (excludes halogenated alkanes) is 1. The molecule has 0 amide bonds. The molecule has 4 nitrogen and oxygen atoms in total. The van der Waals surface area contributed by atoms with Crippen LogP contribution >= 0.6 is 0 Å². The van der Waals surface area contributed by atoms with Crippen molar-refractivity contribution in [3.05, 3.63) is 0 Å². The summed E-state index contributed by atoms with van der Waals surface area (Å²) in [5.41, 5.74) is -0.253. The summed E-state index contributed by atoms with van der Waals surface area (Å²) in [5, 5.41) is 12.8. The third-order valence-corrected chi connectivity index (χ3v) is 2.80. The Hall–Kier alpha value is -0.160. The van der Waals surface area contributed by atoms with Crippen molar-refractivity contribution in [2.75, 3.05) is 33.0 Å². The van der Waals surface area contributed by atoms with Gasteiger partial charge in [0, 0.05) is 24.8 Å². The lowest BCUT2D eigenvalue weighted by molar-refractivity contribution is 0.0325. The van der Waals surface area contributed by atoms with Gasteiger partial charge in [0.05, 0.1) is 19.8 Å². The first-order valence-corrected chi connectivity index (χ1v) is 7.08. The molecular formula is C14H31NO3. The van der Waals surface area contributed by atoms with Gasteiger partial charge >= 0.3 is 0 Å². The zero-order chi connectivity index (χ0) is 13.9. The Balaban J connectivity index is 3.50. The lowest BCUT2D eigenvalue weighted by Gasteiger charge is -2.31. The monoisotopic (exact) mass is 261 g/mol. The number of hydrogen-bond donors (Lipinski definition) is 2. The fraction of sp³-hybridized carbons (Fsp3) is 1.00. The Bertz CT molecular complexity index is 188. The lowest BCUT2D eigenvalue weighted by atomic mass is 9.98. The summed E-state index contributed by atoms with van der Waals surface area (Å²) in [6, 6.07) is 0.361. The molecular weight excluding hydrogens is 230 g/mol. The molecule has 0 heterocycles. The minimum atomic E-state index is -0.253. The molecule has 0 aromatic heterocycles. The van der Waals surface area contributed by atoms with Crippen LogP contribution in [0.3, 0.4) is 0 Å². The quantitative estimate of drug-likeness (QED) is 0.527. The zero-order valence-corrected chi connectivity index (χ0v) is 12.5. The predicted molar refractivity (Wildman–Crippen MR) is 74.9 cm³/mol. The SMILES string of the molecule is CCCCOCCOCCC(C)(CO)NC(C)C. The van der Waals surface area contributed by atoms with Crippen LogP contribution < -0.4 is 5.32 Å². The molecule has 0 rings (SSSR count). The first kappa shape index (κ1) is 17.8. The number of hydrogen-bond acceptors (Lipinski definition) is 4. The molecule has 1 atom stereocenters. The second kappa shape index (κ2) is 10.7. The molecule has 1 unspecified atom stereocenters. The van der Waals surface area contributed by atoms with Gasteiger partial charge in [0.15, 0.2) is 0 Å². The highest BCUT2D eigenvalue weighted by atomic mass is 16.5. The van der Waals surface area contributed by atoms with Crippen LogP contribution in [0.5, 0.6) is 0 Å². The summed E-state index contributed by atoms with van der Waals surface area (Å²) in [6.45, 7) is 11.2. The molecule has 18 heavy (non-hydrogen) atoms. The van der Waals surface area contributed by atoms with Gasteiger partial charge < -0.3 is 19.9 Å². The molecule has 0 fully saturated rings. The lowest BCUT2D eigenvalue weighted by Crippen LogP contribution is -2.49. The summed E-state index contributed by atoms with van der Waals surface area (Å²) in [6.07, 6.45) is 3.08. The van der Waals surface area contributed by atoms with Crippen LogP contribution in [0.4, 0.5) is 0 Å². The van der Waals surface area contributed by atoms with Gasteiger partial charge in [0.2, 0.25) is 0 Å². The van der Waals surface area contributed by atoms with Crippen molar-refractivity contribution in [1.82, 2.24) is 5.32 Å². The fourth-order valence-corrected chi connectivity index (χ4v) is 1.76. The van der Waals surface area contributed by atoms with Gasteiger partial charge in [-0.15, -0.1) is 0 Å². The van der Waals surface area contributed by atoms with E-state index in [-0.39, 0.29) is 12.1 Å². The van der Waals surface area contributed by atoms with E-state index in [1.807, 2.05) is 6.92 Å². The normalized spacial score (nSPS) is 15.0. The molecule has 0 aliphatic carbocycles. The summed E-state index contributed by atoms with van der Waals surface area (Å²) in [5.74, 6) is 0. The minimum Gasteiger partial charge on any atom is -0.394 e. The van der Waals surface area contributed by atoms with Crippen molar-refractivity contribution in [3.63, 3.8) is 0 Å². The number of aliphatic hydroxyl groups is 1. The second-order valence-corrected chi connectivity index (χ2v) is 5.35. The largest absolute Gasteiger partial charge is 0.394 e. The van der Waals surface area contributed by atoms with E-state index in [2.05, 4.69) is 26.1 Å². The number of nitrogens with one attached hydrogen (secondary N) is 1. The van der Waals surface area contributed by atoms with Crippen LogP contribution in [0.2, 0.25) is 0 Å². The van der Waals surface area contributed by atoms with E-state index in [1.54, 1.807) is 0 Å². The highest BCUT2D eigenvalue weighted by Gasteiger charge is 2.23. The Morgan fingerprint density at radius 2 is 1.72 bits per heavy atom.